The molecule has 18 heteroatoms. The number of hydrogen-bond donors (Lipinski definition) is 11. The van der Waals surface area contributed by atoms with Gasteiger partial charge in [0.15, 0.2) is 12.6 Å². The maximum absolute atomic E-state index is 14.1. The zero-order valence-corrected chi connectivity index (χ0v) is 31.8. The summed E-state index contributed by atoms with van der Waals surface area (Å²) in [5.41, 5.74) is -1.80. The van der Waals surface area contributed by atoms with Crippen LogP contribution in [-0.4, -0.2) is 180 Å². The van der Waals surface area contributed by atoms with Crippen molar-refractivity contribution in [2.45, 2.75) is 169 Å². The molecule has 0 amide bonds. The van der Waals surface area contributed by atoms with Gasteiger partial charge in [0.05, 0.1) is 30.8 Å². The molecule has 11 N–H and O–H groups in total. The summed E-state index contributed by atoms with van der Waals surface area (Å²) in [6.45, 7) is 6.52. The minimum atomic E-state index is -1.81. The molecule has 0 radical (unpaired) electrons. The van der Waals surface area contributed by atoms with E-state index in [0.29, 0.717) is 44.9 Å². The van der Waals surface area contributed by atoms with E-state index in [4.69, 9.17) is 28.4 Å². The van der Waals surface area contributed by atoms with Gasteiger partial charge in [0, 0.05) is 0 Å². The fourth-order valence-electron chi connectivity index (χ4n) is 12.0. The van der Waals surface area contributed by atoms with E-state index in [9.17, 15) is 61.0 Å². The molecule has 1 spiro atoms. The average molecular weight is 805 g/mol. The lowest BCUT2D eigenvalue weighted by Gasteiger charge is -2.64. The van der Waals surface area contributed by atoms with E-state index in [2.05, 4.69) is 13.5 Å². The zero-order valence-electron chi connectivity index (χ0n) is 31.8. The van der Waals surface area contributed by atoms with E-state index < -0.39 is 129 Å². The third-order valence-electron chi connectivity index (χ3n) is 15.0. The number of rotatable bonds is 9. The van der Waals surface area contributed by atoms with Gasteiger partial charge in [-0.2, -0.15) is 0 Å². The first-order valence-electron chi connectivity index (χ1n) is 19.9. The molecule has 0 aromatic heterocycles. The van der Waals surface area contributed by atoms with E-state index in [1.165, 1.54) is 0 Å². The topological polar surface area (TPSA) is 295 Å². The Balaban J connectivity index is 1.10. The molecule has 0 aromatic carbocycles. The van der Waals surface area contributed by atoms with Crippen molar-refractivity contribution < 1.29 is 89.4 Å². The third-order valence-corrected chi connectivity index (χ3v) is 15.0. The second-order valence-electron chi connectivity index (χ2n) is 18.0. The summed E-state index contributed by atoms with van der Waals surface area (Å²) in [6.07, 6.45) is -17.8. The van der Waals surface area contributed by atoms with Crippen LogP contribution in [0.3, 0.4) is 0 Å². The van der Waals surface area contributed by atoms with Crippen molar-refractivity contribution in [3.63, 3.8) is 0 Å². The molecular formula is C38H60O18. The number of esters is 1. The van der Waals surface area contributed by atoms with Crippen molar-refractivity contribution in [2.75, 3.05) is 19.8 Å². The molecule has 7 fully saturated rings. The fraction of sp³-hybridized carbons (Fsp3) is 0.921. The van der Waals surface area contributed by atoms with Crippen LogP contribution in [0.1, 0.15) is 71.6 Å². The van der Waals surface area contributed by atoms with Crippen LogP contribution in [0.25, 0.3) is 0 Å². The Morgan fingerprint density at radius 3 is 1.82 bits per heavy atom. The largest absolute Gasteiger partial charge is 0.432 e. The molecule has 2 bridgehead atoms. The van der Waals surface area contributed by atoms with Crippen molar-refractivity contribution in [2.24, 2.45) is 28.1 Å². The highest BCUT2D eigenvalue weighted by Gasteiger charge is 2.69. The summed E-state index contributed by atoms with van der Waals surface area (Å²) in [7, 11) is 0. The molecule has 320 valence electrons. The highest BCUT2D eigenvalue weighted by atomic mass is 16.8. The standard InChI is InChI=1S/C38H60O18/c1-16-11-37-9-5-20-35(2,7-4-8-36(20,3)34(50)55-32-29(49)26(46)23(43)18(13-40)52-32)21(37)6-10-38(16,15-37)56-33-30(27(47)24(44)19(14-41)53-33)54-31-28(48)25(45)22(42)17(12-39)51-31/h17-33,39-49H,1,4-15H2,2-3H3/t17?,18?,19-,20+,21+,22-,23-,24?,25?,26?,27?,28?,29?,30-,31+,32+,33+,35-,36-,37-,38+/m1/s1. The molecule has 3 aliphatic heterocycles. The smallest absolute Gasteiger partial charge is 0.314 e. The summed E-state index contributed by atoms with van der Waals surface area (Å²) < 4.78 is 35.6. The van der Waals surface area contributed by atoms with Gasteiger partial charge < -0.3 is 84.6 Å². The predicted molar refractivity (Wildman–Crippen MR) is 186 cm³/mol. The fourth-order valence-corrected chi connectivity index (χ4v) is 12.0. The molecule has 3 saturated heterocycles. The van der Waals surface area contributed by atoms with Crippen molar-refractivity contribution in [1.82, 2.24) is 0 Å². The number of hydrogen-bond acceptors (Lipinski definition) is 18. The van der Waals surface area contributed by atoms with Crippen LogP contribution < -0.4 is 0 Å². The van der Waals surface area contributed by atoms with Crippen molar-refractivity contribution in [1.29, 1.82) is 0 Å². The van der Waals surface area contributed by atoms with Crippen LogP contribution in [-0.2, 0) is 33.2 Å². The predicted octanol–water partition coefficient (Wildman–Crippen LogP) is -2.94. The molecule has 8 unspecified atom stereocenters. The Morgan fingerprint density at radius 1 is 0.679 bits per heavy atom. The SMILES string of the molecule is C=C1C[C@@]23CC[C@H]4[C@@](C)(CCC[C@@]4(C)C(=O)O[C@@H]4OC(CO)[C@@H](O)C(O)C4O)[C@@H]2CC[C@]1(O[C@@H]1O[C@H](CO)C(O)C(O)[C@H]1O[C@@H]1OC(CO)[C@@H](O)C(O)C1O)C3. The van der Waals surface area contributed by atoms with Gasteiger partial charge in [-0.25, -0.2) is 0 Å². The lowest BCUT2D eigenvalue weighted by atomic mass is 9.41. The Labute approximate surface area is 324 Å². The van der Waals surface area contributed by atoms with E-state index >= 15 is 0 Å². The van der Waals surface area contributed by atoms with Gasteiger partial charge in [-0.15, -0.1) is 0 Å². The minimum absolute atomic E-state index is 0.121. The van der Waals surface area contributed by atoms with Crippen LogP contribution in [0.4, 0.5) is 0 Å². The van der Waals surface area contributed by atoms with Gasteiger partial charge in [0.25, 0.3) is 0 Å². The molecule has 4 saturated carbocycles. The van der Waals surface area contributed by atoms with Gasteiger partial charge >= 0.3 is 5.97 Å². The van der Waals surface area contributed by atoms with Gasteiger partial charge in [-0.1, -0.05) is 19.9 Å². The number of ether oxygens (including phenoxy) is 6. The first kappa shape index (κ1) is 42.7. The van der Waals surface area contributed by atoms with E-state index in [1.807, 2.05) is 6.92 Å². The normalized spacial score (nSPS) is 54.6. The monoisotopic (exact) mass is 804 g/mol. The highest BCUT2D eigenvalue weighted by Crippen LogP contribution is 2.73. The summed E-state index contributed by atoms with van der Waals surface area (Å²) in [5, 5.41) is 114. The second kappa shape index (κ2) is 15.6. The Bertz CT molecular complexity index is 1450. The van der Waals surface area contributed by atoms with Crippen LogP contribution in [0.5, 0.6) is 0 Å². The maximum Gasteiger partial charge on any atom is 0.314 e. The summed E-state index contributed by atoms with van der Waals surface area (Å²) in [5.74, 6) is -0.591. The number of fused-ring (bicyclic) bond motifs is 3. The lowest BCUT2D eigenvalue weighted by molar-refractivity contribution is -0.378. The molecule has 56 heavy (non-hydrogen) atoms. The molecule has 3 heterocycles. The molecule has 21 atom stereocenters. The van der Waals surface area contributed by atoms with Crippen molar-refractivity contribution in [3.05, 3.63) is 12.2 Å². The summed E-state index contributed by atoms with van der Waals surface area (Å²) >= 11 is 0. The van der Waals surface area contributed by atoms with Gasteiger partial charge in [-0.3, -0.25) is 4.79 Å². The second-order valence-corrected chi connectivity index (χ2v) is 18.0. The van der Waals surface area contributed by atoms with Gasteiger partial charge in [-0.05, 0) is 86.5 Å². The third kappa shape index (κ3) is 6.69. The number of carbonyl (C=O) groups excluding carboxylic acids is 1. The van der Waals surface area contributed by atoms with Gasteiger partial charge in [0.1, 0.15) is 73.2 Å². The first-order valence-corrected chi connectivity index (χ1v) is 19.9. The Hall–Kier alpha value is -1.43. The number of aliphatic hydroxyl groups excluding tert-OH is 11. The summed E-state index contributed by atoms with van der Waals surface area (Å²) in [6, 6.07) is 0. The first-order chi connectivity index (χ1) is 26.4. The van der Waals surface area contributed by atoms with E-state index in [-0.39, 0.29) is 22.7 Å². The van der Waals surface area contributed by atoms with Crippen LogP contribution in [0.2, 0.25) is 0 Å². The highest BCUT2D eigenvalue weighted by molar-refractivity contribution is 5.77. The molecule has 7 rings (SSSR count). The van der Waals surface area contributed by atoms with E-state index in [1.54, 1.807) is 0 Å². The van der Waals surface area contributed by atoms with Crippen LogP contribution in [0.15, 0.2) is 12.2 Å². The summed E-state index contributed by atoms with van der Waals surface area (Å²) in [4.78, 5) is 14.1. The van der Waals surface area contributed by atoms with Crippen molar-refractivity contribution >= 4 is 5.97 Å². The molecular weight excluding hydrogens is 744 g/mol. The van der Waals surface area contributed by atoms with Gasteiger partial charge in [0.2, 0.25) is 6.29 Å². The molecule has 4 aliphatic carbocycles. The van der Waals surface area contributed by atoms with E-state index in [0.717, 1.165) is 18.4 Å². The average Bonchev–Trinajstić information content (AvgIpc) is 3.37. The molecule has 0 aromatic rings. The molecule has 18 nitrogen and oxygen atoms in total. The van der Waals surface area contributed by atoms with Crippen LogP contribution in [0, 0.1) is 28.1 Å². The Morgan fingerprint density at radius 2 is 1.21 bits per heavy atom. The molecule has 7 aliphatic rings. The zero-order chi connectivity index (χ0) is 40.7. The van der Waals surface area contributed by atoms with Crippen molar-refractivity contribution in [3.8, 4) is 0 Å². The maximum atomic E-state index is 14.1. The Kier molecular flexibility index (Phi) is 11.9. The minimum Gasteiger partial charge on any atom is -0.432 e. The lowest BCUT2D eigenvalue weighted by Crippen LogP contribution is -2.65. The number of carbonyl (C=O) groups is 1. The van der Waals surface area contributed by atoms with Crippen LogP contribution >= 0.6 is 0 Å². The quantitative estimate of drug-likeness (QED) is 0.0631. The number of aliphatic hydroxyl groups is 11.